The van der Waals surface area contributed by atoms with E-state index in [2.05, 4.69) is 15.5 Å². The summed E-state index contributed by atoms with van der Waals surface area (Å²) in [5.74, 6) is 0.220. The third-order valence-electron chi connectivity index (χ3n) is 2.25. The summed E-state index contributed by atoms with van der Waals surface area (Å²) in [6.45, 7) is 5.70. The van der Waals surface area contributed by atoms with Gasteiger partial charge in [0.25, 0.3) is 0 Å². The van der Waals surface area contributed by atoms with Crippen LogP contribution in [0.4, 0.5) is 5.82 Å². The van der Waals surface area contributed by atoms with E-state index in [1.165, 1.54) is 11.0 Å². The molecule has 1 aromatic heterocycles. The van der Waals surface area contributed by atoms with Crippen LogP contribution in [0.25, 0.3) is 0 Å². The second kappa shape index (κ2) is 4.77. The number of hydrogen-bond donors (Lipinski definition) is 2. The van der Waals surface area contributed by atoms with E-state index in [1.807, 2.05) is 13.8 Å². The van der Waals surface area contributed by atoms with Gasteiger partial charge in [-0.25, -0.2) is 0 Å². The molecule has 6 heteroatoms. The molecule has 1 amide bonds. The van der Waals surface area contributed by atoms with Gasteiger partial charge in [0.05, 0.1) is 6.20 Å². The molecule has 0 saturated carbocycles. The Bertz CT molecular complexity index is 335. The average Bonchev–Trinajstić information content (AvgIpc) is 2.63. The molecular weight excluding hydrogens is 194 g/mol. The van der Waals surface area contributed by atoms with Crippen LogP contribution in [0.2, 0.25) is 0 Å². The monoisotopic (exact) mass is 211 g/mol. The van der Waals surface area contributed by atoms with Crippen LogP contribution in [0.15, 0.2) is 6.20 Å². The molecule has 0 spiro atoms. The summed E-state index contributed by atoms with van der Waals surface area (Å²) in [6.07, 6.45) is 2.32. The lowest BCUT2D eigenvalue weighted by atomic mass is 10.2. The van der Waals surface area contributed by atoms with Crippen molar-refractivity contribution in [3.8, 4) is 0 Å². The molecule has 0 aromatic carbocycles. The predicted molar refractivity (Wildman–Crippen MR) is 57.0 cm³/mol. The largest absolute Gasteiger partial charge is 0.381 e. The van der Waals surface area contributed by atoms with Crippen molar-refractivity contribution in [2.24, 2.45) is 0 Å². The molecule has 15 heavy (non-hydrogen) atoms. The van der Waals surface area contributed by atoms with Crippen LogP contribution in [0.5, 0.6) is 0 Å². The van der Waals surface area contributed by atoms with Gasteiger partial charge in [0.2, 0.25) is 5.91 Å². The van der Waals surface area contributed by atoms with Crippen LogP contribution in [0.1, 0.15) is 33.2 Å². The molecule has 2 unspecified atom stereocenters. The Morgan fingerprint density at radius 1 is 1.67 bits per heavy atom. The van der Waals surface area contributed by atoms with Crippen LogP contribution >= 0.6 is 0 Å². The molecule has 0 saturated heterocycles. The fraction of sp³-hybridized carbons (Fsp3) is 0.667. The smallest absolute Gasteiger partial charge is 0.246 e. The minimum atomic E-state index is -0.434. The Morgan fingerprint density at radius 2 is 2.33 bits per heavy atom. The molecule has 1 heterocycles. The predicted octanol–water partition coefficient (Wildman–Crippen LogP) is 0.336. The van der Waals surface area contributed by atoms with Crippen LogP contribution in [-0.2, 0) is 4.79 Å². The van der Waals surface area contributed by atoms with Crippen molar-refractivity contribution in [3.63, 3.8) is 0 Å². The SMILES string of the molecule is CCC(C)NC(=O)C(C)n1ncc(N)n1. The zero-order valence-electron chi connectivity index (χ0n) is 9.27. The second-order valence-corrected chi connectivity index (χ2v) is 3.58. The Balaban J connectivity index is 2.60. The lowest BCUT2D eigenvalue weighted by Gasteiger charge is -2.15. The fourth-order valence-corrected chi connectivity index (χ4v) is 1.05. The molecule has 1 aromatic rings. The maximum atomic E-state index is 11.7. The number of anilines is 1. The number of nitrogens with two attached hydrogens (primary N) is 1. The maximum absolute atomic E-state index is 11.7. The van der Waals surface area contributed by atoms with Crippen LogP contribution in [0.3, 0.4) is 0 Å². The lowest BCUT2D eigenvalue weighted by Crippen LogP contribution is -2.37. The van der Waals surface area contributed by atoms with E-state index in [9.17, 15) is 4.79 Å². The van der Waals surface area contributed by atoms with Crippen molar-refractivity contribution >= 4 is 11.7 Å². The zero-order valence-corrected chi connectivity index (χ0v) is 9.27. The van der Waals surface area contributed by atoms with E-state index in [0.29, 0.717) is 5.82 Å². The molecule has 3 N–H and O–H groups in total. The van der Waals surface area contributed by atoms with Gasteiger partial charge >= 0.3 is 0 Å². The van der Waals surface area contributed by atoms with E-state index in [4.69, 9.17) is 5.73 Å². The van der Waals surface area contributed by atoms with E-state index in [-0.39, 0.29) is 11.9 Å². The first-order valence-electron chi connectivity index (χ1n) is 5.02. The summed E-state index contributed by atoms with van der Waals surface area (Å²) in [5, 5.41) is 10.6. The number of rotatable bonds is 4. The van der Waals surface area contributed by atoms with Gasteiger partial charge < -0.3 is 11.1 Å². The van der Waals surface area contributed by atoms with Gasteiger partial charge in [-0.1, -0.05) is 6.92 Å². The minimum Gasteiger partial charge on any atom is -0.381 e. The number of carbonyl (C=O) groups is 1. The second-order valence-electron chi connectivity index (χ2n) is 3.58. The summed E-state index contributed by atoms with van der Waals surface area (Å²) in [5.41, 5.74) is 5.42. The summed E-state index contributed by atoms with van der Waals surface area (Å²) in [4.78, 5) is 13.0. The van der Waals surface area contributed by atoms with Gasteiger partial charge in [0.1, 0.15) is 6.04 Å². The number of nitrogen functional groups attached to an aromatic ring is 1. The van der Waals surface area contributed by atoms with E-state index in [1.54, 1.807) is 6.92 Å². The highest BCUT2D eigenvalue weighted by Crippen LogP contribution is 2.04. The van der Waals surface area contributed by atoms with Crippen molar-refractivity contribution in [1.82, 2.24) is 20.3 Å². The third kappa shape index (κ3) is 2.93. The summed E-state index contributed by atoms with van der Waals surface area (Å²) >= 11 is 0. The molecule has 0 aliphatic rings. The number of hydrogen-bond acceptors (Lipinski definition) is 4. The van der Waals surface area contributed by atoms with E-state index in [0.717, 1.165) is 6.42 Å². The molecule has 0 aliphatic heterocycles. The molecule has 0 bridgehead atoms. The summed E-state index contributed by atoms with van der Waals surface area (Å²) in [6, 6.07) is -0.274. The molecule has 0 fully saturated rings. The van der Waals surface area contributed by atoms with Gasteiger partial charge in [0, 0.05) is 6.04 Å². The lowest BCUT2D eigenvalue weighted by molar-refractivity contribution is -0.125. The third-order valence-corrected chi connectivity index (χ3v) is 2.25. The van der Waals surface area contributed by atoms with Gasteiger partial charge in [-0.05, 0) is 20.3 Å². The molecule has 0 aliphatic carbocycles. The van der Waals surface area contributed by atoms with E-state index >= 15 is 0 Å². The van der Waals surface area contributed by atoms with Crippen molar-refractivity contribution in [2.75, 3.05) is 5.73 Å². The summed E-state index contributed by atoms with van der Waals surface area (Å²) in [7, 11) is 0. The quantitative estimate of drug-likeness (QED) is 0.751. The Kier molecular flexibility index (Phi) is 3.65. The highest BCUT2D eigenvalue weighted by Gasteiger charge is 2.17. The average molecular weight is 211 g/mol. The highest BCUT2D eigenvalue weighted by atomic mass is 16.2. The summed E-state index contributed by atoms with van der Waals surface area (Å²) < 4.78 is 0. The first kappa shape index (κ1) is 11.5. The zero-order chi connectivity index (χ0) is 11.4. The van der Waals surface area contributed by atoms with Crippen molar-refractivity contribution in [2.45, 2.75) is 39.3 Å². The molecular formula is C9H17N5O. The standard InChI is InChI=1S/C9H17N5O/c1-4-6(2)12-9(15)7(3)14-11-5-8(10)13-14/h5-7H,4H2,1-3H3,(H2,10,13)(H,12,15). The van der Waals surface area contributed by atoms with Crippen molar-refractivity contribution in [1.29, 1.82) is 0 Å². The Hall–Kier alpha value is -1.59. The van der Waals surface area contributed by atoms with Gasteiger partial charge in [-0.2, -0.15) is 9.90 Å². The van der Waals surface area contributed by atoms with Crippen molar-refractivity contribution in [3.05, 3.63) is 6.20 Å². The number of nitrogens with one attached hydrogen (secondary N) is 1. The normalized spacial score (nSPS) is 14.6. The first-order chi connectivity index (χ1) is 7.04. The number of amides is 1. The van der Waals surface area contributed by atoms with Crippen LogP contribution in [-0.4, -0.2) is 26.9 Å². The number of aromatic nitrogens is 3. The van der Waals surface area contributed by atoms with Crippen LogP contribution in [0, 0.1) is 0 Å². The maximum Gasteiger partial charge on any atom is 0.246 e. The Morgan fingerprint density at radius 3 is 2.80 bits per heavy atom. The van der Waals surface area contributed by atoms with E-state index < -0.39 is 6.04 Å². The van der Waals surface area contributed by atoms with Gasteiger partial charge in [-0.15, -0.1) is 5.10 Å². The molecule has 0 radical (unpaired) electrons. The molecule has 2 atom stereocenters. The molecule has 84 valence electrons. The number of nitrogens with zero attached hydrogens (tertiary/aromatic N) is 3. The minimum absolute atomic E-state index is 0.0973. The number of carbonyl (C=O) groups excluding carboxylic acids is 1. The molecule has 1 rings (SSSR count). The molecule has 6 nitrogen and oxygen atoms in total. The van der Waals surface area contributed by atoms with Crippen LogP contribution < -0.4 is 11.1 Å². The van der Waals surface area contributed by atoms with Crippen molar-refractivity contribution < 1.29 is 4.79 Å². The first-order valence-corrected chi connectivity index (χ1v) is 5.02. The topological polar surface area (TPSA) is 85.8 Å². The van der Waals surface area contributed by atoms with Gasteiger partial charge in [0.15, 0.2) is 5.82 Å². The fourth-order valence-electron chi connectivity index (χ4n) is 1.05. The highest BCUT2D eigenvalue weighted by molar-refractivity contribution is 5.79. The Labute approximate surface area is 88.8 Å². The van der Waals surface area contributed by atoms with Gasteiger partial charge in [-0.3, -0.25) is 4.79 Å².